The van der Waals surface area contributed by atoms with Gasteiger partial charge >= 0.3 is 18.3 Å². The Bertz CT molecular complexity index is 455. The van der Waals surface area contributed by atoms with Crippen molar-refractivity contribution in [3.8, 4) is 5.75 Å². The van der Waals surface area contributed by atoms with Crippen LogP contribution in [-0.4, -0.2) is 35.0 Å². The molecule has 0 unspecified atom stereocenters. The highest BCUT2D eigenvalue weighted by atomic mass is 79.9. The van der Waals surface area contributed by atoms with Crippen molar-refractivity contribution in [2.24, 2.45) is 0 Å². The van der Waals surface area contributed by atoms with Crippen LogP contribution in [0.25, 0.3) is 0 Å². The molecular weight excluding hydrogens is 326 g/mol. The molecule has 0 aliphatic carbocycles. The van der Waals surface area contributed by atoms with Crippen molar-refractivity contribution in [2.45, 2.75) is 12.3 Å². The fraction of sp³-hybridized carbons (Fsp3) is 0.333. The van der Waals surface area contributed by atoms with Gasteiger partial charge in [-0.15, -0.1) is 0 Å². The molecule has 0 saturated carbocycles. The number of alkyl halides is 4. The van der Waals surface area contributed by atoms with Gasteiger partial charge in [-0.1, -0.05) is 0 Å². The van der Waals surface area contributed by atoms with Gasteiger partial charge in [0.2, 0.25) is 0 Å². The molecular formula is C9H6BrF4NO3. The van der Waals surface area contributed by atoms with E-state index in [1.807, 2.05) is 0 Å². The molecule has 1 N–H and O–H groups in total. The third-order valence-corrected chi connectivity index (χ3v) is 2.19. The topological polar surface area (TPSA) is 59.4 Å². The number of aromatic nitrogens is 1. The van der Waals surface area contributed by atoms with Crippen LogP contribution in [0.4, 0.5) is 17.6 Å². The minimum absolute atomic E-state index is 0.267. The summed E-state index contributed by atoms with van der Waals surface area (Å²) >= 11 is 2.92. The Morgan fingerprint density at radius 2 is 2.17 bits per heavy atom. The lowest BCUT2D eigenvalue weighted by atomic mass is 10.3. The summed E-state index contributed by atoms with van der Waals surface area (Å²) in [6.45, 7) is -1.64. The number of carboxylic acid groups (broad SMARTS) is 1. The van der Waals surface area contributed by atoms with Crippen molar-refractivity contribution in [2.75, 3.05) is 6.61 Å². The molecule has 0 amide bonds. The molecule has 0 radical (unpaired) electrons. The number of carbonyl (C=O) groups is 1. The molecule has 0 saturated heterocycles. The van der Waals surface area contributed by atoms with Gasteiger partial charge in [-0.05, 0) is 22.0 Å². The average Bonchev–Trinajstić information content (AvgIpc) is 2.26. The van der Waals surface area contributed by atoms with Crippen molar-refractivity contribution < 1.29 is 32.2 Å². The number of halogens is 5. The summed E-state index contributed by atoms with van der Waals surface area (Å²) in [6.07, 6.45) is -2.78. The second-order valence-electron chi connectivity index (χ2n) is 3.16. The lowest BCUT2D eigenvalue weighted by molar-refractivity contribution is -0.148. The van der Waals surface area contributed by atoms with E-state index in [1.54, 1.807) is 0 Å². The van der Waals surface area contributed by atoms with E-state index in [0.29, 0.717) is 0 Å². The standard InChI is InChI=1S/C9H6BrF4NO3/c10-4-1-5(6(7(16)17)15-2-4)18-3-9(13,14)8(11)12/h1-2,8H,3H2,(H,16,17). The maximum absolute atomic E-state index is 12.6. The smallest absolute Gasteiger partial charge is 0.358 e. The zero-order chi connectivity index (χ0) is 13.9. The highest BCUT2D eigenvalue weighted by molar-refractivity contribution is 9.10. The first-order chi connectivity index (χ1) is 8.24. The minimum Gasteiger partial charge on any atom is -0.484 e. The summed E-state index contributed by atoms with van der Waals surface area (Å²) in [7, 11) is 0. The van der Waals surface area contributed by atoms with Crippen molar-refractivity contribution in [3.63, 3.8) is 0 Å². The molecule has 1 rings (SSSR count). The third kappa shape index (κ3) is 3.56. The van der Waals surface area contributed by atoms with Crippen LogP contribution in [0.1, 0.15) is 10.5 Å². The second kappa shape index (κ2) is 5.51. The molecule has 9 heteroatoms. The molecule has 4 nitrogen and oxygen atoms in total. The van der Waals surface area contributed by atoms with E-state index in [-0.39, 0.29) is 4.47 Å². The van der Waals surface area contributed by atoms with Gasteiger partial charge in [0.15, 0.2) is 18.1 Å². The summed E-state index contributed by atoms with van der Waals surface area (Å²) < 4.78 is 53.7. The molecule has 100 valence electrons. The predicted octanol–water partition coefficient (Wildman–Crippen LogP) is 2.82. The molecule has 1 aromatic rings. The van der Waals surface area contributed by atoms with Crippen molar-refractivity contribution in [1.82, 2.24) is 4.98 Å². The summed E-state index contributed by atoms with van der Waals surface area (Å²) in [5, 5.41) is 8.70. The number of ether oxygens (including phenoxy) is 1. The fourth-order valence-corrected chi connectivity index (χ4v) is 1.24. The van der Waals surface area contributed by atoms with Crippen LogP contribution in [-0.2, 0) is 0 Å². The van der Waals surface area contributed by atoms with Gasteiger partial charge in [0.05, 0.1) is 0 Å². The van der Waals surface area contributed by atoms with Gasteiger partial charge in [-0.3, -0.25) is 0 Å². The number of rotatable bonds is 5. The molecule has 1 aromatic heterocycles. The van der Waals surface area contributed by atoms with Crippen LogP contribution in [0.2, 0.25) is 0 Å². The molecule has 0 bridgehead atoms. The SMILES string of the molecule is O=C(O)c1ncc(Br)cc1OCC(F)(F)C(F)F. The highest BCUT2D eigenvalue weighted by Crippen LogP contribution is 2.27. The number of hydrogen-bond donors (Lipinski definition) is 1. The van der Waals surface area contributed by atoms with E-state index in [1.165, 1.54) is 0 Å². The van der Waals surface area contributed by atoms with Gasteiger partial charge in [0, 0.05) is 10.7 Å². The number of carboxylic acids is 1. The molecule has 18 heavy (non-hydrogen) atoms. The number of pyridine rings is 1. The Morgan fingerprint density at radius 1 is 1.56 bits per heavy atom. The van der Waals surface area contributed by atoms with Crippen LogP contribution in [0, 0.1) is 0 Å². The van der Waals surface area contributed by atoms with Gasteiger partial charge in [-0.25, -0.2) is 18.6 Å². The fourth-order valence-electron chi connectivity index (χ4n) is 0.928. The zero-order valence-corrected chi connectivity index (χ0v) is 10.1. The predicted molar refractivity (Wildman–Crippen MR) is 55.3 cm³/mol. The van der Waals surface area contributed by atoms with Gasteiger partial charge in [-0.2, -0.15) is 8.78 Å². The van der Waals surface area contributed by atoms with Crippen molar-refractivity contribution in [1.29, 1.82) is 0 Å². The first-order valence-electron chi connectivity index (χ1n) is 4.41. The number of nitrogens with zero attached hydrogens (tertiary/aromatic N) is 1. The van der Waals surface area contributed by atoms with Gasteiger partial charge in [0.25, 0.3) is 0 Å². The Kier molecular flexibility index (Phi) is 4.49. The van der Waals surface area contributed by atoms with E-state index in [0.717, 1.165) is 12.3 Å². The monoisotopic (exact) mass is 331 g/mol. The van der Waals surface area contributed by atoms with E-state index >= 15 is 0 Å². The normalized spacial score (nSPS) is 11.7. The summed E-state index contributed by atoms with van der Waals surface area (Å²) in [5.41, 5.74) is -0.636. The summed E-state index contributed by atoms with van der Waals surface area (Å²) in [5.74, 6) is -6.40. The zero-order valence-electron chi connectivity index (χ0n) is 8.54. The third-order valence-electron chi connectivity index (χ3n) is 1.76. The van der Waals surface area contributed by atoms with Gasteiger partial charge in [0.1, 0.15) is 0 Å². The molecule has 0 aliphatic rings. The highest BCUT2D eigenvalue weighted by Gasteiger charge is 2.42. The van der Waals surface area contributed by atoms with Crippen LogP contribution < -0.4 is 4.74 Å². The Morgan fingerprint density at radius 3 is 2.67 bits per heavy atom. The minimum atomic E-state index is -4.36. The summed E-state index contributed by atoms with van der Waals surface area (Å²) in [4.78, 5) is 14.1. The molecule has 0 spiro atoms. The molecule has 0 atom stereocenters. The molecule has 0 aromatic carbocycles. The summed E-state index contributed by atoms with van der Waals surface area (Å²) in [6, 6.07) is 1.05. The maximum Gasteiger partial charge on any atom is 0.358 e. The van der Waals surface area contributed by atoms with Crippen molar-refractivity contribution >= 4 is 21.9 Å². The maximum atomic E-state index is 12.6. The largest absolute Gasteiger partial charge is 0.484 e. The Labute approximate surface area is 107 Å². The average molecular weight is 332 g/mol. The number of aromatic carboxylic acids is 1. The van der Waals surface area contributed by atoms with Crippen LogP contribution in [0.5, 0.6) is 5.75 Å². The van der Waals surface area contributed by atoms with Crippen LogP contribution in [0.3, 0.4) is 0 Å². The van der Waals surface area contributed by atoms with E-state index < -0.39 is 36.4 Å². The molecule has 0 aliphatic heterocycles. The van der Waals surface area contributed by atoms with Crippen LogP contribution >= 0.6 is 15.9 Å². The Hall–Kier alpha value is -1.38. The van der Waals surface area contributed by atoms with E-state index in [9.17, 15) is 22.4 Å². The first kappa shape index (κ1) is 14.7. The molecule has 0 fully saturated rings. The Balaban J connectivity index is 2.90. The lowest BCUT2D eigenvalue weighted by Gasteiger charge is -2.16. The van der Waals surface area contributed by atoms with Gasteiger partial charge < -0.3 is 9.84 Å². The molecule has 1 heterocycles. The first-order valence-corrected chi connectivity index (χ1v) is 5.21. The quantitative estimate of drug-likeness (QED) is 0.843. The van der Waals surface area contributed by atoms with E-state index in [4.69, 9.17) is 5.11 Å². The lowest BCUT2D eigenvalue weighted by Crippen LogP contribution is -2.34. The van der Waals surface area contributed by atoms with Crippen LogP contribution in [0.15, 0.2) is 16.7 Å². The van der Waals surface area contributed by atoms with Crippen molar-refractivity contribution in [3.05, 3.63) is 22.4 Å². The number of hydrogen-bond acceptors (Lipinski definition) is 3. The second-order valence-corrected chi connectivity index (χ2v) is 4.07. The van der Waals surface area contributed by atoms with E-state index in [2.05, 4.69) is 25.7 Å².